The number of hydrogen-bond acceptors (Lipinski definition) is 3. The minimum atomic E-state index is -0.684. The molecule has 2 fully saturated rings. The topological polar surface area (TPSA) is 73.9 Å². The average Bonchev–Trinajstić information content (AvgIpc) is 2.89. The molecule has 1 saturated carbocycles. The molecule has 0 radical (unpaired) electrons. The van der Waals surface area contributed by atoms with Crippen molar-refractivity contribution in [3.8, 4) is 0 Å². The molecule has 0 aromatic heterocycles. The zero-order valence-corrected chi connectivity index (χ0v) is 14.6. The third-order valence-electron chi connectivity index (χ3n) is 5.27. The van der Waals surface area contributed by atoms with E-state index in [1.165, 1.54) is 25.8 Å². The molecule has 2 atom stereocenters. The van der Waals surface area contributed by atoms with Crippen molar-refractivity contribution < 1.29 is 5.11 Å². The summed E-state index contributed by atoms with van der Waals surface area (Å²) < 4.78 is 0. The molecule has 1 saturated heterocycles. The fourth-order valence-corrected chi connectivity index (χ4v) is 4.15. The Kier molecular flexibility index (Phi) is 5.72. The van der Waals surface area contributed by atoms with E-state index >= 15 is 0 Å². The second kappa shape index (κ2) is 7.18. The number of nitrogens with one attached hydrogen (secondary N) is 1. The number of hydrogen-bond donors (Lipinski definition) is 3. The first-order chi connectivity index (χ1) is 10.3. The number of nitrogens with zero attached hydrogens (tertiary/aromatic N) is 2. The maximum absolute atomic E-state index is 10.7. The Morgan fingerprint density at radius 2 is 2.14 bits per heavy atom. The highest BCUT2D eigenvalue weighted by Gasteiger charge is 2.38. The smallest absolute Gasteiger partial charge is 0.188 e. The van der Waals surface area contributed by atoms with Gasteiger partial charge < -0.3 is 16.2 Å². The van der Waals surface area contributed by atoms with Crippen LogP contribution >= 0.6 is 0 Å². The van der Waals surface area contributed by atoms with Gasteiger partial charge in [-0.25, -0.2) is 0 Å². The number of aliphatic imine (C=N–C) groups is 1. The molecule has 5 heteroatoms. The summed E-state index contributed by atoms with van der Waals surface area (Å²) in [5, 5.41) is 14.0. The van der Waals surface area contributed by atoms with Crippen molar-refractivity contribution in [2.75, 3.05) is 26.2 Å². The van der Waals surface area contributed by atoms with E-state index in [9.17, 15) is 5.11 Å². The second-order valence-corrected chi connectivity index (χ2v) is 7.93. The molecule has 1 aliphatic carbocycles. The van der Waals surface area contributed by atoms with E-state index in [1.54, 1.807) is 0 Å². The molecule has 1 heterocycles. The molecule has 0 aromatic carbocycles. The SMILES string of the molecule is CCN1CCCC1CNC(N)=NCC1(O)CCCC(C)(C)C1. The van der Waals surface area contributed by atoms with Crippen LogP contribution in [-0.4, -0.2) is 53.8 Å². The first-order valence-corrected chi connectivity index (χ1v) is 8.84. The van der Waals surface area contributed by atoms with Gasteiger partial charge in [0.1, 0.15) is 0 Å². The Labute approximate surface area is 135 Å². The molecule has 5 nitrogen and oxygen atoms in total. The predicted molar refractivity (Wildman–Crippen MR) is 92.0 cm³/mol. The van der Waals surface area contributed by atoms with Crippen LogP contribution in [0.3, 0.4) is 0 Å². The van der Waals surface area contributed by atoms with Crippen molar-refractivity contribution >= 4 is 5.96 Å². The Balaban J connectivity index is 1.79. The molecule has 2 rings (SSSR count). The third kappa shape index (κ3) is 4.85. The van der Waals surface area contributed by atoms with Crippen molar-refractivity contribution in [2.45, 2.75) is 70.9 Å². The van der Waals surface area contributed by atoms with Crippen LogP contribution in [0.1, 0.15) is 59.3 Å². The summed E-state index contributed by atoms with van der Waals surface area (Å²) in [5.74, 6) is 0.472. The number of aliphatic hydroxyl groups is 1. The van der Waals surface area contributed by atoms with Gasteiger partial charge in [-0.15, -0.1) is 0 Å². The van der Waals surface area contributed by atoms with Gasteiger partial charge in [0.25, 0.3) is 0 Å². The van der Waals surface area contributed by atoms with E-state index in [4.69, 9.17) is 5.73 Å². The average molecular weight is 310 g/mol. The maximum Gasteiger partial charge on any atom is 0.188 e. The molecule has 22 heavy (non-hydrogen) atoms. The lowest BCUT2D eigenvalue weighted by molar-refractivity contribution is -0.0307. The van der Waals surface area contributed by atoms with Gasteiger partial charge in [0.05, 0.1) is 12.1 Å². The zero-order chi connectivity index (χ0) is 16.2. The first kappa shape index (κ1) is 17.5. The van der Waals surface area contributed by atoms with E-state index in [0.717, 1.165) is 32.4 Å². The van der Waals surface area contributed by atoms with Crippen LogP contribution in [0.4, 0.5) is 0 Å². The summed E-state index contributed by atoms with van der Waals surface area (Å²) in [6.07, 6.45) is 6.39. The number of likely N-dealkylation sites (N-methyl/N-ethyl adjacent to an activating group) is 1. The summed E-state index contributed by atoms with van der Waals surface area (Å²) >= 11 is 0. The van der Waals surface area contributed by atoms with Gasteiger partial charge in [-0.1, -0.05) is 20.8 Å². The predicted octanol–water partition coefficient (Wildman–Crippen LogP) is 1.71. The standard InChI is InChI=1S/C17H34N4O/c1-4-21-10-5-7-14(21)11-19-15(18)20-13-17(22)9-6-8-16(2,3)12-17/h14,22H,4-13H2,1-3H3,(H3,18,19,20). The van der Waals surface area contributed by atoms with Gasteiger partial charge >= 0.3 is 0 Å². The van der Waals surface area contributed by atoms with Crippen LogP contribution in [0.15, 0.2) is 4.99 Å². The van der Waals surface area contributed by atoms with Crippen LogP contribution in [0.2, 0.25) is 0 Å². The van der Waals surface area contributed by atoms with E-state index in [1.807, 2.05) is 0 Å². The summed E-state index contributed by atoms with van der Waals surface area (Å²) in [7, 11) is 0. The lowest BCUT2D eigenvalue weighted by Crippen LogP contribution is -2.45. The van der Waals surface area contributed by atoms with E-state index in [2.05, 4.69) is 36.0 Å². The van der Waals surface area contributed by atoms with E-state index in [0.29, 0.717) is 18.5 Å². The van der Waals surface area contributed by atoms with E-state index < -0.39 is 5.60 Å². The molecule has 1 aliphatic heterocycles. The fourth-order valence-electron chi connectivity index (χ4n) is 4.15. The zero-order valence-electron chi connectivity index (χ0n) is 14.6. The summed E-state index contributed by atoms with van der Waals surface area (Å²) in [6.45, 7) is 10.2. The molecule has 0 bridgehead atoms. The Morgan fingerprint density at radius 3 is 2.82 bits per heavy atom. The van der Waals surface area contributed by atoms with Gasteiger partial charge in [0.15, 0.2) is 5.96 Å². The largest absolute Gasteiger partial charge is 0.388 e. The molecule has 128 valence electrons. The lowest BCUT2D eigenvalue weighted by Gasteiger charge is -2.40. The van der Waals surface area contributed by atoms with Crippen molar-refractivity contribution in [1.29, 1.82) is 0 Å². The Hall–Kier alpha value is -0.810. The molecule has 0 spiro atoms. The molecular weight excluding hydrogens is 276 g/mol. The van der Waals surface area contributed by atoms with E-state index in [-0.39, 0.29) is 5.41 Å². The van der Waals surface area contributed by atoms with Gasteiger partial charge in [0.2, 0.25) is 0 Å². The van der Waals surface area contributed by atoms with Crippen LogP contribution < -0.4 is 11.1 Å². The molecule has 2 aliphatic rings. The Bertz CT molecular complexity index is 396. The minimum absolute atomic E-state index is 0.205. The number of guanidine groups is 1. The molecule has 4 N–H and O–H groups in total. The molecule has 2 unspecified atom stereocenters. The van der Waals surface area contributed by atoms with Crippen LogP contribution in [0.25, 0.3) is 0 Å². The minimum Gasteiger partial charge on any atom is -0.388 e. The van der Waals surface area contributed by atoms with Crippen molar-refractivity contribution in [3.05, 3.63) is 0 Å². The quantitative estimate of drug-likeness (QED) is 0.534. The highest BCUT2D eigenvalue weighted by atomic mass is 16.3. The highest BCUT2D eigenvalue weighted by Crippen LogP contribution is 2.40. The maximum atomic E-state index is 10.7. The van der Waals surface area contributed by atoms with Crippen molar-refractivity contribution in [2.24, 2.45) is 16.1 Å². The van der Waals surface area contributed by atoms with Gasteiger partial charge in [0, 0.05) is 12.6 Å². The normalized spacial score (nSPS) is 33.1. The van der Waals surface area contributed by atoms with Gasteiger partial charge in [-0.05, 0) is 57.0 Å². The second-order valence-electron chi connectivity index (χ2n) is 7.93. The third-order valence-corrected chi connectivity index (χ3v) is 5.27. The van der Waals surface area contributed by atoms with Crippen molar-refractivity contribution in [3.63, 3.8) is 0 Å². The van der Waals surface area contributed by atoms with Crippen LogP contribution in [-0.2, 0) is 0 Å². The lowest BCUT2D eigenvalue weighted by atomic mass is 9.70. The van der Waals surface area contributed by atoms with Crippen molar-refractivity contribution in [1.82, 2.24) is 10.2 Å². The van der Waals surface area contributed by atoms with Crippen LogP contribution in [0.5, 0.6) is 0 Å². The monoisotopic (exact) mass is 310 g/mol. The molecular formula is C17H34N4O. The molecule has 0 aromatic rings. The summed E-state index contributed by atoms with van der Waals surface area (Å²) in [6, 6.07) is 0.565. The van der Waals surface area contributed by atoms with Crippen LogP contribution in [0, 0.1) is 5.41 Å². The highest BCUT2D eigenvalue weighted by molar-refractivity contribution is 5.77. The molecule has 0 amide bonds. The summed E-state index contributed by atoms with van der Waals surface area (Å²) in [4.78, 5) is 6.90. The van der Waals surface area contributed by atoms with Gasteiger partial charge in [-0.3, -0.25) is 9.89 Å². The first-order valence-electron chi connectivity index (χ1n) is 8.84. The number of likely N-dealkylation sites (tertiary alicyclic amines) is 1. The van der Waals surface area contributed by atoms with Gasteiger partial charge in [-0.2, -0.15) is 0 Å². The number of nitrogens with two attached hydrogens (primary N) is 1. The number of rotatable bonds is 5. The summed E-state index contributed by atoms with van der Waals surface area (Å²) in [5.41, 5.74) is 5.51. The Morgan fingerprint density at radius 1 is 1.36 bits per heavy atom. The fraction of sp³-hybridized carbons (Fsp3) is 0.941.